The third-order valence-corrected chi connectivity index (χ3v) is 26.7. The summed E-state index contributed by atoms with van der Waals surface area (Å²) in [7, 11) is 3.03. The minimum absolute atomic E-state index is 0.0916. The van der Waals surface area contributed by atoms with E-state index in [0.29, 0.717) is 44.3 Å². The molecule has 2 aliphatic rings. The summed E-state index contributed by atoms with van der Waals surface area (Å²) in [5, 5.41) is 57.8. The maximum atomic E-state index is 16.4. The number of H-pyrrole nitrogens is 1. The minimum Gasteiger partial charge on any atom is -0.492 e. The number of aryl methyl sites for hydroxylation is 1. The Labute approximate surface area is 781 Å². The molecule has 17 amide bonds. The van der Waals surface area contributed by atoms with Gasteiger partial charge >= 0.3 is 5.97 Å². The maximum Gasteiger partial charge on any atom is 0.303 e. The lowest BCUT2D eigenvalue weighted by molar-refractivity contribution is -0.142. The molecule has 2 aliphatic heterocycles. The summed E-state index contributed by atoms with van der Waals surface area (Å²) in [5.74, 6) is -18.4. The number of aliphatic hydroxyl groups excluding tert-OH is 1. The highest BCUT2D eigenvalue weighted by Gasteiger charge is 2.49. The predicted molar refractivity (Wildman–Crippen MR) is 496 cm³/mol. The number of aliphatic hydroxyl groups is 1. The number of aromatic amines is 1. The number of carboxylic acids is 1. The van der Waals surface area contributed by atoms with Crippen LogP contribution < -0.4 is 96.8 Å². The van der Waals surface area contributed by atoms with Crippen LogP contribution in [0.25, 0.3) is 21.7 Å². The van der Waals surface area contributed by atoms with Crippen molar-refractivity contribution in [3.05, 3.63) is 149 Å². The van der Waals surface area contributed by atoms with Crippen LogP contribution in [-0.4, -0.2) is 261 Å². The zero-order chi connectivity index (χ0) is 98.5. The van der Waals surface area contributed by atoms with Gasteiger partial charge in [0.1, 0.15) is 84.4 Å². The Hall–Kier alpha value is -13.3. The van der Waals surface area contributed by atoms with Crippen LogP contribution in [0.1, 0.15) is 134 Å². The lowest BCUT2D eigenvalue weighted by Crippen LogP contribution is -2.67. The Morgan fingerprint density at radius 3 is 1.82 bits per heavy atom. The number of amides is 17. The van der Waals surface area contributed by atoms with Gasteiger partial charge in [0.25, 0.3) is 0 Å². The number of benzene rings is 5. The summed E-state index contributed by atoms with van der Waals surface area (Å²) >= 11 is 0. The van der Waals surface area contributed by atoms with Crippen LogP contribution in [0.15, 0.2) is 121 Å². The zero-order valence-corrected chi connectivity index (χ0v) is 77.7. The van der Waals surface area contributed by atoms with E-state index >= 15 is 28.8 Å². The number of fused-ring (bicyclic) bond motifs is 2. The maximum absolute atomic E-state index is 16.4. The normalized spacial score (nSPS) is 19.5. The molecular formula is C91H121N19O22S2. The predicted octanol–water partition coefficient (Wildman–Crippen LogP) is -1.55. The molecule has 0 aliphatic carbocycles. The van der Waals surface area contributed by atoms with Gasteiger partial charge in [-0.2, -0.15) is 0 Å². The first-order chi connectivity index (χ1) is 63.4. The molecule has 724 valence electrons. The van der Waals surface area contributed by atoms with Gasteiger partial charge in [0.05, 0.1) is 25.5 Å². The Morgan fingerprint density at radius 1 is 0.597 bits per heavy atom. The third-order valence-electron chi connectivity index (χ3n) is 22.5. The molecular weight excluding hydrogens is 1780 g/mol. The van der Waals surface area contributed by atoms with Crippen molar-refractivity contribution in [2.24, 2.45) is 22.9 Å². The second-order valence-corrected chi connectivity index (χ2v) is 37.7. The molecule has 0 saturated carbocycles. The number of aliphatic carboxylic acids is 1. The zero-order valence-electron chi connectivity index (χ0n) is 76.0. The summed E-state index contributed by atoms with van der Waals surface area (Å²) in [6.45, 7) is 10.7. The van der Waals surface area contributed by atoms with Crippen molar-refractivity contribution in [3.8, 4) is 5.75 Å². The molecule has 24 N–H and O–H groups in total. The van der Waals surface area contributed by atoms with E-state index in [2.05, 4.69) is 74.1 Å². The van der Waals surface area contributed by atoms with Crippen LogP contribution in [-0.2, 0) is 117 Å². The average Bonchev–Trinajstić information content (AvgIpc) is 1.79. The first-order valence-electron chi connectivity index (χ1n) is 43.7. The van der Waals surface area contributed by atoms with E-state index in [1.807, 2.05) is 19.1 Å². The third kappa shape index (κ3) is 31.5. The summed E-state index contributed by atoms with van der Waals surface area (Å²) in [6.07, 6.45) is -5.35. The second-order valence-electron chi connectivity index (χ2n) is 34.3. The Bertz CT molecular complexity index is 5270. The molecule has 5 aromatic carbocycles. The fourth-order valence-electron chi connectivity index (χ4n) is 15.2. The number of carbonyl (C=O) groups excluding carboxylic acids is 17. The van der Waals surface area contributed by atoms with Gasteiger partial charge in [0.15, 0.2) is 0 Å². The molecule has 41 nitrogen and oxygen atoms in total. The number of carboxylic acid groups (broad SMARTS) is 1. The monoisotopic (exact) mass is 1900 g/mol. The van der Waals surface area contributed by atoms with E-state index in [1.54, 1.807) is 109 Å². The van der Waals surface area contributed by atoms with Crippen LogP contribution in [0.3, 0.4) is 0 Å². The number of nitrogens with zero attached hydrogens (tertiary/aromatic N) is 1. The fourth-order valence-corrected chi connectivity index (χ4v) is 18.1. The van der Waals surface area contributed by atoms with Crippen LogP contribution in [0.2, 0.25) is 0 Å². The molecule has 1 aromatic heterocycles. The van der Waals surface area contributed by atoms with Crippen molar-refractivity contribution in [2.75, 3.05) is 46.5 Å². The molecule has 12 atom stereocenters. The van der Waals surface area contributed by atoms with Crippen molar-refractivity contribution < 1.29 is 106 Å². The van der Waals surface area contributed by atoms with Crippen LogP contribution in [0, 0.1) is 6.92 Å². The molecule has 8 rings (SSSR count). The number of likely N-dealkylation sites (N-methyl/N-ethyl adjacent to an activating group) is 1. The molecule has 3 heterocycles. The molecule has 0 radical (unpaired) electrons. The fraction of sp³-hybridized carbons (Fsp3) is 0.473. The standard InChI is InChI=1S/C91H121N19O22S2/c1-49-18-17-23-60-58(47-97-73(49)60)44-65-80(122)99-61(24-15-16-36-96-51(3)112)78(120)108-76(90(7,8)134-133-89(5,6)75(98-52(4)113)85(127)104-67(46-70(94)115)82(124)107-74(50(2)111)84(126)102-65)86(128)103-63(41-54-26-29-59(30-27-54)132-39-35-92)79(121)100-64(43-55-25-28-56-21-13-14-22-57(56)40-55)83(125)109-91(33-37-131-38-34-91)88(130)106-62(31-32-72(117)118)77(119)101-66(45-69(93)114)81(123)105-68(42-53-19-11-10-12-20-53)87(129)110(9)48-71(95)116/h10-14,17-23,25-30,40,47,50,61-68,74-76,97,111H,15-16,24,31-39,41-46,48,92H2,1-9H3,(H2,93,114)(H2,94,115)(H2,95,116)(H,96,112)(H,98,113)(H,99,122)(H,100,121)(H,101,119)(H,102,126)(H,103,128)(H,104,127)(H,105,123)(H,106,130)(H,107,124)(H,108,120)(H,109,125)(H,117,118)/t50-,61+,62+,63+,64+,65+,66+,67+,68+,74+,75-,76-/m1/s1. The van der Waals surface area contributed by atoms with Gasteiger partial charge in [-0.1, -0.05) is 125 Å². The highest BCUT2D eigenvalue weighted by molar-refractivity contribution is 8.77. The number of unbranched alkanes of at least 4 members (excludes halogenated alkanes) is 1. The van der Waals surface area contributed by atoms with Gasteiger partial charge in [0.2, 0.25) is 100 Å². The SMILES string of the molecule is CC(=O)NCCCC[C@@H]1NC(=O)[C@H](Cc2c[nH]c3c(C)cccc23)NC(=O)[C@H]([C@@H](C)O)NC(=O)[C@H](CC(N)=O)NC(=O)[C@@H](NC(C)=O)C(C)(C)SSC(C)(C)[C@@H](C(=O)N[C@@H](Cc2ccc(OCCN)cc2)C(=O)N[C@@H](Cc2ccc3ccccc3c2)C(=O)NC2(C(=O)N[C@@H](CCC(=O)O)C(=O)N[C@@H](CC(N)=O)C(=O)N[C@@H](Cc3ccccc3)C(=O)N(C)CC(N)=O)CCOCC2)NC1=O. The number of hydrogen-bond donors (Lipinski definition) is 20. The summed E-state index contributed by atoms with van der Waals surface area (Å²) in [6, 6.07) is 12.8. The van der Waals surface area contributed by atoms with Crippen molar-refractivity contribution in [1.82, 2.24) is 79.0 Å². The largest absolute Gasteiger partial charge is 0.492 e. The Morgan fingerprint density at radius 2 is 1.18 bits per heavy atom. The summed E-state index contributed by atoms with van der Waals surface area (Å²) in [5.41, 5.74) is 23.6. The Balaban J connectivity index is 1.22. The lowest BCUT2D eigenvalue weighted by Gasteiger charge is -2.39. The topological polar surface area (TPSA) is 646 Å². The molecule has 2 fully saturated rings. The van der Waals surface area contributed by atoms with Gasteiger partial charge < -0.3 is 122 Å². The number of carbonyl (C=O) groups is 18. The van der Waals surface area contributed by atoms with Gasteiger partial charge in [-0.3, -0.25) is 86.3 Å². The molecule has 43 heteroatoms. The molecule has 2 saturated heterocycles. The highest BCUT2D eigenvalue weighted by Crippen LogP contribution is 2.47. The second kappa shape index (κ2) is 49.5. The average molecular weight is 1900 g/mol. The van der Waals surface area contributed by atoms with Gasteiger partial charge in [-0.15, -0.1) is 0 Å². The van der Waals surface area contributed by atoms with Gasteiger partial charge in [0, 0.05) is 119 Å². The van der Waals surface area contributed by atoms with E-state index in [-0.39, 0.29) is 90.2 Å². The van der Waals surface area contributed by atoms with Crippen molar-refractivity contribution in [1.29, 1.82) is 0 Å². The highest BCUT2D eigenvalue weighted by atomic mass is 33.1. The number of ether oxygens (including phenoxy) is 2. The number of primary amides is 3. The number of nitrogens with two attached hydrogens (primary N) is 4. The summed E-state index contributed by atoms with van der Waals surface area (Å²) < 4.78 is 8.26. The van der Waals surface area contributed by atoms with Gasteiger partial charge in [-0.25, -0.2) is 0 Å². The first kappa shape index (κ1) is 106. The van der Waals surface area contributed by atoms with E-state index in [0.717, 1.165) is 51.3 Å². The molecule has 6 aromatic rings. The van der Waals surface area contributed by atoms with Crippen molar-refractivity contribution in [2.45, 2.75) is 226 Å². The van der Waals surface area contributed by atoms with E-state index in [1.165, 1.54) is 41.7 Å². The number of hydrogen-bond acceptors (Lipinski definition) is 24. The smallest absolute Gasteiger partial charge is 0.303 e. The van der Waals surface area contributed by atoms with Crippen molar-refractivity contribution in [3.63, 3.8) is 0 Å². The van der Waals surface area contributed by atoms with Gasteiger partial charge in [-0.05, 0) is 118 Å². The molecule has 0 spiro atoms. The van der Waals surface area contributed by atoms with E-state index in [9.17, 15) is 67.7 Å². The number of aromatic nitrogens is 1. The van der Waals surface area contributed by atoms with Crippen molar-refractivity contribution >= 4 is 150 Å². The first-order valence-corrected chi connectivity index (χ1v) is 45.8. The quantitative estimate of drug-likeness (QED) is 0.0153. The molecule has 0 bridgehead atoms. The number of para-hydroxylation sites is 1. The summed E-state index contributed by atoms with van der Waals surface area (Å²) in [4.78, 5) is 262. The molecule has 134 heavy (non-hydrogen) atoms. The minimum atomic E-state index is -2.10. The van der Waals surface area contributed by atoms with Crippen LogP contribution >= 0.6 is 21.6 Å². The van der Waals surface area contributed by atoms with Crippen LogP contribution in [0.4, 0.5) is 0 Å². The Kier molecular flexibility index (Phi) is 39.2. The van der Waals surface area contributed by atoms with E-state index < -0.39 is 227 Å². The van der Waals surface area contributed by atoms with Crippen LogP contribution in [0.5, 0.6) is 5.75 Å². The lowest BCUT2D eigenvalue weighted by atomic mass is 9.87. The number of nitrogens with one attached hydrogen (secondary N) is 14. The molecule has 0 unspecified atom stereocenters. The number of rotatable bonds is 40. The van der Waals surface area contributed by atoms with E-state index in [4.69, 9.17) is 32.4 Å².